The average molecular weight is 620 g/mol. The Labute approximate surface area is 250 Å². The zero-order valence-corrected chi connectivity index (χ0v) is 24.2. The number of hydrogen-bond acceptors (Lipinski definition) is 5. The fourth-order valence-corrected chi connectivity index (χ4v) is 5.89. The maximum Gasteiger partial charge on any atom is 0.389 e. The van der Waals surface area contributed by atoms with Gasteiger partial charge in [-0.05, 0) is 62.1 Å². The lowest BCUT2D eigenvalue weighted by Crippen LogP contribution is -2.39. The lowest BCUT2D eigenvalue weighted by molar-refractivity contribution is -0.144. The molecule has 3 N–H and O–H groups in total. The molecule has 9 nitrogen and oxygen atoms in total. The molecule has 2 heterocycles. The number of rotatable bonds is 10. The molecular formula is C30H34F5N7O2. The molecule has 2 atom stereocenters. The summed E-state index contributed by atoms with van der Waals surface area (Å²) in [5.74, 6) is -3.71. The summed E-state index contributed by atoms with van der Waals surface area (Å²) in [6.07, 6.45) is -2.22. The highest BCUT2D eigenvalue weighted by molar-refractivity contribution is 5.95. The van der Waals surface area contributed by atoms with E-state index in [2.05, 4.69) is 25.7 Å². The summed E-state index contributed by atoms with van der Waals surface area (Å²) < 4.78 is 67.2. The van der Waals surface area contributed by atoms with E-state index in [4.69, 9.17) is 0 Å². The van der Waals surface area contributed by atoms with E-state index >= 15 is 0 Å². The molecule has 0 saturated heterocycles. The van der Waals surface area contributed by atoms with Crippen LogP contribution in [0, 0.1) is 23.2 Å². The summed E-state index contributed by atoms with van der Waals surface area (Å²) in [5, 5.41) is 19.5. The van der Waals surface area contributed by atoms with Crippen LogP contribution < -0.4 is 10.6 Å². The van der Waals surface area contributed by atoms with Gasteiger partial charge in [0.1, 0.15) is 23.2 Å². The summed E-state index contributed by atoms with van der Waals surface area (Å²) in [6, 6.07) is 5.74. The van der Waals surface area contributed by atoms with E-state index in [-0.39, 0.29) is 42.9 Å². The lowest BCUT2D eigenvalue weighted by atomic mass is 9.81. The second-order valence-corrected chi connectivity index (χ2v) is 11.9. The molecular weight excluding hydrogens is 585 g/mol. The van der Waals surface area contributed by atoms with Gasteiger partial charge in [0.25, 0.3) is 5.91 Å². The summed E-state index contributed by atoms with van der Waals surface area (Å²) in [7, 11) is 0. The van der Waals surface area contributed by atoms with Crippen LogP contribution >= 0.6 is 0 Å². The summed E-state index contributed by atoms with van der Waals surface area (Å²) in [5.41, 5.74) is 1.91. The average Bonchev–Trinajstić information content (AvgIpc) is 3.55. The van der Waals surface area contributed by atoms with Gasteiger partial charge in [0, 0.05) is 25.8 Å². The van der Waals surface area contributed by atoms with Crippen molar-refractivity contribution in [2.45, 2.75) is 95.4 Å². The van der Waals surface area contributed by atoms with E-state index in [1.165, 1.54) is 6.20 Å². The summed E-state index contributed by atoms with van der Waals surface area (Å²) in [6.45, 7) is 2.15. The van der Waals surface area contributed by atoms with Crippen molar-refractivity contribution in [1.82, 2.24) is 30.4 Å². The second kappa shape index (κ2) is 12.5. The number of nitrogens with zero attached hydrogens (tertiary/aromatic N) is 4. The Morgan fingerprint density at radius 1 is 1.18 bits per heavy atom. The minimum atomic E-state index is -4.43. The quantitative estimate of drug-likeness (QED) is 0.231. The molecule has 236 valence electrons. The van der Waals surface area contributed by atoms with Crippen LogP contribution in [0.5, 0.6) is 0 Å². The Morgan fingerprint density at radius 3 is 2.55 bits per heavy atom. The third kappa shape index (κ3) is 7.36. The van der Waals surface area contributed by atoms with Crippen LogP contribution in [0.2, 0.25) is 0 Å². The van der Waals surface area contributed by atoms with Crippen molar-refractivity contribution in [2.75, 3.05) is 0 Å². The number of halogens is 5. The molecule has 2 aliphatic carbocycles. The molecule has 0 aliphatic heterocycles. The van der Waals surface area contributed by atoms with Gasteiger partial charge in [-0.1, -0.05) is 12.5 Å². The SMILES string of the molecule is C[C@@H](NC(=O)CCC(F)(F)F)c1ccc2[nH]c([C@@H](NC(=O)c3c(C#N)cnn3CC3CCC3)C3CCC(F)(F)CC3)nc2c1. The normalized spacial score (nSPS) is 18.8. The maximum atomic E-state index is 14.1. The highest BCUT2D eigenvalue weighted by Crippen LogP contribution is 2.41. The molecule has 0 bridgehead atoms. The number of aromatic nitrogens is 4. The maximum absolute atomic E-state index is 14.1. The topological polar surface area (TPSA) is 128 Å². The van der Waals surface area contributed by atoms with E-state index in [0.717, 1.165) is 19.3 Å². The number of amides is 2. The molecule has 5 rings (SSSR count). The Hall–Kier alpha value is -4.02. The number of fused-ring (bicyclic) bond motifs is 1. The molecule has 14 heteroatoms. The highest BCUT2D eigenvalue weighted by atomic mass is 19.4. The fraction of sp³-hybridized carbons (Fsp3) is 0.567. The first kappa shape index (κ1) is 31.4. The van der Waals surface area contributed by atoms with Crippen molar-refractivity contribution in [3.05, 3.63) is 47.0 Å². The number of alkyl halides is 5. The molecule has 0 spiro atoms. The number of nitrogens with one attached hydrogen (secondary N) is 3. The number of aromatic amines is 1. The number of carbonyl (C=O) groups is 2. The van der Waals surface area contributed by atoms with Gasteiger partial charge in [0.05, 0.1) is 35.7 Å². The molecule has 44 heavy (non-hydrogen) atoms. The van der Waals surface area contributed by atoms with Gasteiger partial charge in [-0.2, -0.15) is 23.5 Å². The smallest absolute Gasteiger partial charge is 0.350 e. The summed E-state index contributed by atoms with van der Waals surface area (Å²) >= 11 is 0. The molecule has 3 aromatic rings. The molecule has 2 aliphatic rings. The standard InChI is InChI=1S/C30H34F5N7O2/c1-17(38-24(43)9-12-30(33,34)35)20-5-6-22-23(13-20)40-27(39-22)25(19-7-10-29(31,32)11-8-19)41-28(44)26-21(14-36)15-37-42(26)16-18-3-2-4-18/h5-6,13,15,17-19,25H,2-4,7-12,16H2,1H3,(H,38,43)(H,39,40)(H,41,44)/t17-,25+/m1/s1. The van der Waals surface area contributed by atoms with Gasteiger partial charge >= 0.3 is 6.18 Å². The molecule has 0 radical (unpaired) electrons. The van der Waals surface area contributed by atoms with E-state index in [9.17, 15) is 36.8 Å². The monoisotopic (exact) mass is 619 g/mol. The Kier molecular flexibility index (Phi) is 8.95. The van der Waals surface area contributed by atoms with Gasteiger partial charge in [0.2, 0.25) is 11.8 Å². The third-order valence-corrected chi connectivity index (χ3v) is 8.68. The van der Waals surface area contributed by atoms with Gasteiger partial charge in [-0.3, -0.25) is 14.3 Å². The first-order chi connectivity index (χ1) is 20.8. The zero-order valence-electron chi connectivity index (χ0n) is 24.2. The van der Waals surface area contributed by atoms with Crippen molar-refractivity contribution in [3.8, 4) is 6.07 Å². The van der Waals surface area contributed by atoms with Gasteiger partial charge in [0.15, 0.2) is 0 Å². The van der Waals surface area contributed by atoms with Crippen LogP contribution in [-0.4, -0.2) is 43.7 Å². The van der Waals surface area contributed by atoms with Gasteiger partial charge < -0.3 is 15.6 Å². The van der Waals surface area contributed by atoms with Crippen molar-refractivity contribution in [1.29, 1.82) is 5.26 Å². The number of carbonyl (C=O) groups excluding carboxylic acids is 2. The Balaban J connectivity index is 1.39. The number of nitriles is 1. The van der Waals surface area contributed by atoms with Crippen LogP contribution in [0.15, 0.2) is 24.4 Å². The van der Waals surface area contributed by atoms with Crippen molar-refractivity contribution < 1.29 is 31.5 Å². The van der Waals surface area contributed by atoms with E-state index in [0.29, 0.717) is 34.9 Å². The van der Waals surface area contributed by atoms with Crippen molar-refractivity contribution in [2.24, 2.45) is 11.8 Å². The Bertz CT molecular complexity index is 1540. The van der Waals surface area contributed by atoms with Crippen LogP contribution in [0.4, 0.5) is 22.0 Å². The number of benzene rings is 1. The molecule has 1 aromatic carbocycles. The number of imidazole rings is 1. The minimum Gasteiger partial charge on any atom is -0.350 e. The zero-order chi connectivity index (χ0) is 31.6. The lowest BCUT2D eigenvalue weighted by Gasteiger charge is -2.33. The van der Waals surface area contributed by atoms with Crippen LogP contribution in [0.25, 0.3) is 11.0 Å². The first-order valence-corrected chi connectivity index (χ1v) is 14.8. The fourth-order valence-electron chi connectivity index (χ4n) is 5.89. The van der Waals surface area contributed by atoms with E-state index < -0.39 is 48.8 Å². The highest BCUT2D eigenvalue weighted by Gasteiger charge is 2.40. The molecule has 2 saturated carbocycles. The molecule has 0 unspecified atom stereocenters. The second-order valence-electron chi connectivity index (χ2n) is 11.9. The van der Waals surface area contributed by atoms with Crippen molar-refractivity contribution in [3.63, 3.8) is 0 Å². The minimum absolute atomic E-state index is 0.122. The van der Waals surface area contributed by atoms with Crippen molar-refractivity contribution >= 4 is 22.8 Å². The number of hydrogen-bond donors (Lipinski definition) is 3. The third-order valence-electron chi connectivity index (χ3n) is 8.68. The van der Waals surface area contributed by atoms with Gasteiger partial charge in [-0.15, -0.1) is 0 Å². The molecule has 2 aromatic heterocycles. The predicted molar refractivity (Wildman–Crippen MR) is 149 cm³/mol. The molecule has 2 fully saturated rings. The van der Waals surface area contributed by atoms with E-state index in [1.807, 2.05) is 6.07 Å². The largest absolute Gasteiger partial charge is 0.389 e. The summed E-state index contributed by atoms with van der Waals surface area (Å²) in [4.78, 5) is 33.6. The van der Waals surface area contributed by atoms with Gasteiger partial charge in [-0.25, -0.2) is 13.8 Å². The van der Waals surface area contributed by atoms with Crippen LogP contribution in [-0.2, 0) is 11.3 Å². The Morgan fingerprint density at radius 2 is 1.91 bits per heavy atom. The van der Waals surface area contributed by atoms with Crippen LogP contribution in [0.1, 0.15) is 104 Å². The number of H-pyrrole nitrogens is 1. The first-order valence-electron chi connectivity index (χ1n) is 14.8. The van der Waals surface area contributed by atoms with E-state index in [1.54, 1.807) is 29.8 Å². The molecule has 2 amide bonds. The predicted octanol–water partition coefficient (Wildman–Crippen LogP) is 6.25. The van der Waals surface area contributed by atoms with Crippen LogP contribution in [0.3, 0.4) is 0 Å².